The van der Waals surface area contributed by atoms with Gasteiger partial charge in [-0.05, 0) is 24.3 Å². The molecule has 0 aliphatic carbocycles. The molecule has 2 nitrogen and oxygen atoms in total. The Morgan fingerprint density at radius 3 is 0.882 bits per heavy atom. The molecule has 0 spiro atoms. The van der Waals surface area contributed by atoms with Gasteiger partial charge in [-0.2, -0.15) is 0 Å². The number of hydrogen-bond acceptors (Lipinski definition) is 2. The SMILES string of the molecule is Oc1ccccc1.Oc1ccccc1.[CH3-].[CH3-].[Hf]. The number of aromatic hydroxyl groups is 2. The first-order valence-corrected chi connectivity index (χ1v) is 4.27. The van der Waals surface area contributed by atoms with Crippen LogP contribution in [-0.2, 0) is 25.8 Å². The van der Waals surface area contributed by atoms with Crippen LogP contribution in [0.1, 0.15) is 0 Å². The fourth-order valence-corrected chi connectivity index (χ4v) is 0.856. The first-order valence-electron chi connectivity index (χ1n) is 4.27. The summed E-state index contributed by atoms with van der Waals surface area (Å²) in [4.78, 5) is 0. The van der Waals surface area contributed by atoms with Crippen LogP contribution in [0.2, 0.25) is 0 Å². The predicted octanol–water partition coefficient (Wildman–Crippen LogP) is 3.68. The van der Waals surface area contributed by atoms with Gasteiger partial charge in [0.15, 0.2) is 0 Å². The summed E-state index contributed by atoms with van der Waals surface area (Å²) >= 11 is 0. The molecule has 0 bridgehead atoms. The van der Waals surface area contributed by atoms with E-state index in [0.29, 0.717) is 11.5 Å². The molecule has 0 atom stereocenters. The number of para-hydroxylation sites is 2. The second-order valence-corrected chi connectivity index (χ2v) is 2.67. The van der Waals surface area contributed by atoms with Gasteiger partial charge in [-0.15, -0.1) is 0 Å². The monoisotopic (exact) mass is 398 g/mol. The summed E-state index contributed by atoms with van der Waals surface area (Å²) in [5, 5.41) is 17.3. The summed E-state index contributed by atoms with van der Waals surface area (Å²) < 4.78 is 0. The summed E-state index contributed by atoms with van der Waals surface area (Å²) in [6.07, 6.45) is 0. The molecule has 3 heteroatoms. The first-order chi connectivity index (χ1) is 6.79. The standard InChI is InChI=1S/2C6H6O.2CH3.Hf/c2*7-6-4-2-1-3-5-6;;;/h2*1-5,7H;2*1H3;/q;;2*-1;. The normalized spacial score (nSPS) is 7.06. The molecule has 0 unspecified atom stereocenters. The van der Waals surface area contributed by atoms with E-state index in [0.717, 1.165) is 0 Å². The van der Waals surface area contributed by atoms with Crippen LogP contribution in [0.15, 0.2) is 60.7 Å². The maximum Gasteiger partial charge on any atom is 0.115 e. The zero-order valence-corrected chi connectivity index (χ0v) is 13.8. The molecule has 0 saturated heterocycles. The fraction of sp³-hybridized carbons (Fsp3) is 0. The molecule has 0 aliphatic heterocycles. The molecule has 2 rings (SSSR count). The van der Waals surface area contributed by atoms with Crippen molar-refractivity contribution in [2.24, 2.45) is 0 Å². The summed E-state index contributed by atoms with van der Waals surface area (Å²) in [7, 11) is 0. The van der Waals surface area contributed by atoms with Gasteiger partial charge in [0.05, 0.1) is 0 Å². The zero-order valence-electron chi connectivity index (χ0n) is 10.2. The van der Waals surface area contributed by atoms with E-state index in [1.165, 1.54) is 0 Å². The molecule has 92 valence electrons. The van der Waals surface area contributed by atoms with Gasteiger partial charge in [-0.3, -0.25) is 0 Å². The van der Waals surface area contributed by atoms with Crippen LogP contribution in [0.5, 0.6) is 11.5 Å². The van der Waals surface area contributed by atoms with Crippen LogP contribution in [0, 0.1) is 14.9 Å². The van der Waals surface area contributed by atoms with E-state index < -0.39 is 0 Å². The molecule has 0 aliphatic rings. The summed E-state index contributed by atoms with van der Waals surface area (Å²) in [5.74, 6) is 0.644. The number of rotatable bonds is 0. The van der Waals surface area contributed by atoms with Gasteiger partial charge >= 0.3 is 0 Å². The van der Waals surface area contributed by atoms with Crippen LogP contribution < -0.4 is 0 Å². The van der Waals surface area contributed by atoms with E-state index in [2.05, 4.69) is 0 Å². The number of hydrogen-bond donors (Lipinski definition) is 2. The van der Waals surface area contributed by atoms with E-state index in [1.54, 1.807) is 48.5 Å². The molecule has 0 radical (unpaired) electrons. The molecule has 0 fully saturated rings. The van der Waals surface area contributed by atoms with Gasteiger partial charge in [0.2, 0.25) is 0 Å². The number of phenols is 2. The quantitative estimate of drug-likeness (QED) is 0.527. The van der Waals surface area contributed by atoms with Crippen molar-refractivity contribution >= 4 is 0 Å². The third-order valence-electron chi connectivity index (χ3n) is 1.51. The Hall–Kier alpha value is -1.09. The number of benzene rings is 2. The van der Waals surface area contributed by atoms with E-state index in [-0.39, 0.29) is 40.7 Å². The maximum atomic E-state index is 8.63. The average Bonchev–Trinajstić information content (AvgIpc) is 2.21. The summed E-state index contributed by atoms with van der Waals surface area (Å²) in [6.45, 7) is 0. The van der Waals surface area contributed by atoms with E-state index in [9.17, 15) is 0 Å². The van der Waals surface area contributed by atoms with Crippen molar-refractivity contribution < 1.29 is 36.1 Å². The molecule has 2 aromatic carbocycles. The van der Waals surface area contributed by atoms with Gasteiger partial charge in [-0.1, -0.05) is 36.4 Å². The predicted molar refractivity (Wildman–Crippen MR) is 69.0 cm³/mol. The Morgan fingerprint density at radius 1 is 0.529 bits per heavy atom. The van der Waals surface area contributed by atoms with Crippen molar-refractivity contribution in [2.75, 3.05) is 0 Å². The minimum atomic E-state index is 0. The van der Waals surface area contributed by atoms with Gasteiger partial charge in [0.25, 0.3) is 0 Å². The third kappa shape index (κ3) is 11.2. The summed E-state index contributed by atoms with van der Waals surface area (Å²) in [5.41, 5.74) is 0. The topological polar surface area (TPSA) is 40.5 Å². The van der Waals surface area contributed by atoms with Crippen molar-refractivity contribution in [1.82, 2.24) is 0 Å². The zero-order chi connectivity index (χ0) is 10.2. The Bertz CT molecular complexity index is 312. The largest absolute Gasteiger partial charge is 0.508 e. The molecular weight excluding hydrogens is 379 g/mol. The van der Waals surface area contributed by atoms with Crippen LogP contribution in [-0.4, -0.2) is 10.2 Å². The molecule has 0 saturated carbocycles. The molecule has 0 heterocycles. The Balaban J connectivity index is -0.000000196. The van der Waals surface area contributed by atoms with E-state index >= 15 is 0 Å². The van der Waals surface area contributed by atoms with Gasteiger partial charge in [0, 0.05) is 25.8 Å². The van der Waals surface area contributed by atoms with Crippen molar-refractivity contribution in [3.63, 3.8) is 0 Å². The van der Waals surface area contributed by atoms with Crippen molar-refractivity contribution in [2.45, 2.75) is 0 Å². The third-order valence-corrected chi connectivity index (χ3v) is 1.51. The maximum absolute atomic E-state index is 8.63. The second-order valence-electron chi connectivity index (χ2n) is 2.67. The van der Waals surface area contributed by atoms with Gasteiger partial charge < -0.3 is 25.1 Å². The van der Waals surface area contributed by atoms with Crippen molar-refractivity contribution in [3.8, 4) is 11.5 Å². The van der Waals surface area contributed by atoms with Crippen LogP contribution >= 0.6 is 0 Å². The van der Waals surface area contributed by atoms with Crippen LogP contribution in [0.4, 0.5) is 0 Å². The Morgan fingerprint density at radius 2 is 0.765 bits per heavy atom. The Kier molecular flexibility index (Phi) is 16.2. The average molecular weight is 397 g/mol. The molecule has 2 N–H and O–H groups in total. The van der Waals surface area contributed by atoms with Crippen LogP contribution in [0.3, 0.4) is 0 Å². The van der Waals surface area contributed by atoms with Crippen molar-refractivity contribution in [1.29, 1.82) is 0 Å². The smallest absolute Gasteiger partial charge is 0.115 e. The molecular formula is C14H18HfO2-2. The second kappa shape index (κ2) is 13.0. The minimum absolute atomic E-state index is 0. The summed E-state index contributed by atoms with van der Waals surface area (Å²) in [6, 6.07) is 17.4. The fourth-order valence-electron chi connectivity index (χ4n) is 0.856. The van der Waals surface area contributed by atoms with Gasteiger partial charge in [0.1, 0.15) is 11.5 Å². The molecule has 0 aromatic heterocycles. The van der Waals surface area contributed by atoms with Gasteiger partial charge in [-0.25, -0.2) is 0 Å². The Labute approximate surface area is 123 Å². The molecule has 17 heavy (non-hydrogen) atoms. The number of phenolic OH excluding ortho intramolecular Hbond substituents is 2. The molecule has 0 amide bonds. The first kappa shape index (κ1) is 21.2. The van der Waals surface area contributed by atoms with Crippen molar-refractivity contribution in [3.05, 3.63) is 75.5 Å². The van der Waals surface area contributed by atoms with E-state index in [1.807, 2.05) is 12.1 Å². The van der Waals surface area contributed by atoms with E-state index in [4.69, 9.17) is 10.2 Å². The minimum Gasteiger partial charge on any atom is -0.508 e. The van der Waals surface area contributed by atoms with Crippen LogP contribution in [0.25, 0.3) is 0 Å². The molecule has 2 aromatic rings.